The van der Waals surface area contributed by atoms with Crippen LogP contribution in [0.25, 0.3) is 5.69 Å². The highest BCUT2D eigenvalue weighted by Crippen LogP contribution is 2.15. The molecule has 0 aliphatic carbocycles. The van der Waals surface area contributed by atoms with Crippen LogP contribution in [-0.2, 0) is 5.75 Å². The van der Waals surface area contributed by atoms with Crippen molar-refractivity contribution in [2.45, 2.75) is 12.7 Å². The van der Waals surface area contributed by atoms with Gasteiger partial charge in [0.25, 0.3) is 0 Å². The van der Waals surface area contributed by atoms with Crippen LogP contribution in [0, 0.1) is 12.7 Å². The minimum atomic E-state index is -0.238. The van der Waals surface area contributed by atoms with Crippen molar-refractivity contribution < 1.29 is 4.39 Å². The van der Waals surface area contributed by atoms with Gasteiger partial charge in [0, 0.05) is 17.0 Å². The van der Waals surface area contributed by atoms with E-state index >= 15 is 0 Å². The number of rotatable bonds is 2. The quantitative estimate of drug-likeness (QED) is 0.773. The highest BCUT2D eigenvalue weighted by molar-refractivity contribution is 7.79. The fraction of sp³-hybridized carbons (Fsp3) is 0.182. The van der Waals surface area contributed by atoms with E-state index in [2.05, 4.69) is 17.7 Å². The third-order valence-electron chi connectivity index (χ3n) is 2.35. The molecule has 78 valence electrons. The van der Waals surface area contributed by atoms with Gasteiger partial charge in [0.05, 0.1) is 11.9 Å². The maximum atomic E-state index is 12.7. The van der Waals surface area contributed by atoms with Gasteiger partial charge in [-0.25, -0.2) is 9.07 Å². The number of thiol groups is 1. The second-order valence-corrected chi connectivity index (χ2v) is 3.62. The summed E-state index contributed by atoms with van der Waals surface area (Å²) in [6, 6.07) is 6.27. The summed E-state index contributed by atoms with van der Waals surface area (Å²) in [7, 11) is 0. The Morgan fingerprint density at radius 1 is 1.33 bits per heavy atom. The van der Waals surface area contributed by atoms with Crippen molar-refractivity contribution in [2.75, 3.05) is 0 Å². The van der Waals surface area contributed by atoms with E-state index in [-0.39, 0.29) is 5.82 Å². The maximum absolute atomic E-state index is 12.7. The van der Waals surface area contributed by atoms with E-state index in [1.165, 1.54) is 12.1 Å². The molecule has 0 aliphatic rings. The van der Waals surface area contributed by atoms with Crippen molar-refractivity contribution in [2.24, 2.45) is 0 Å². The van der Waals surface area contributed by atoms with Crippen molar-refractivity contribution in [1.82, 2.24) is 9.78 Å². The van der Waals surface area contributed by atoms with Crippen LogP contribution in [0.1, 0.15) is 11.3 Å². The van der Waals surface area contributed by atoms with E-state index in [0.717, 1.165) is 16.9 Å². The van der Waals surface area contributed by atoms with Gasteiger partial charge < -0.3 is 0 Å². The first-order chi connectivity index (χ1) is 7.22. The summed E-state index contributed by atoms with van der Waals surface area (Å²) in [6.07, 6.45) is 1.78. The molecule has 0 saturated heterocycles. The zero-order valence-electron chi connectivity index (χ0n) is 8.31. The molecule has 0 spiro atoms. The zero-order chi connectivity index (χ0) is 10.8. The number of halogens is 1. The van der Waals surface area contributed by atoms with Crippen molar-refractivity contribution in [1.29, 1.82) is 0 Å². The molecule has 0 N–H and O–H groups in total. The van der Waals surface area contributed by atoms with Crippen LogP contribution in [0.15, 0.2) is 30.5 Å². The van der Waals surface area contributed by atoms with Gasteiger partial charge in [-0.1, -0.05) is 0 Å². The van der Waals surface area contributed by atoms with Gasteiger partial charge in [-0.15, -0.1) is 0 Å². The van der Waals surface area contributed by atoms with E-state index in [9.17, 15) is 4.39 Å². The number of hydrogen-bond acceptors (Lipinski definition) is 2. The molecule has 2 aromatic rings. The van der Waals surface area contributed by atoms with Gasteiger partial charge in [0.15, 0.2) is 0 Å². The Bertz CT molecular complexity index is 462. The molecule has 0 fully saturated rings. The molecule has 1 aromatic heterocycles. The smallest absolute Gasteiger partial charge is 0.123 e. The third-order valence-corrected chi connectivity index (χ3v) is 2.69. The molecular formula is C11H11FN2S. The molecule has 2 nitrogen and oxygen atoms in total. The lowest BCUT2D eigenvalue weighted by molar-refractivity contribution is 0.627. The molecule has 0 amide bonds. The highest BCUT2D eigenvalue weighted by atomic mass is 32.1. The Morgan fingerprint density at radius 3 is 2.53 bits per heavy atom. The minimum Gasteiger partial charge on any atom is -0.238 e. The van der Waals surface area contributed by atoms with E-state index in [1.54, 1.807) is 23.0 Å². The SMILES string of the molecule is Cc1c(CS)cnn1-c1ccc(F)cc1. The first kappa shape index (κ1) is 10.2. The Labute approximate surface area is 93.1 Å². The van der Waals surface area contributed by atoms with Crippen LogP contribution in [0.4, 0.5) is 4.39 Å². The Balaban J connectivity index is 2.45. The van der Waals surface area contributed by atoms with Gasteiger partial charge in [-0.05, 0) is 31.2 Å². The van der Waals surface area contributed by atoms with E-state index in [4.69, 9.17) is 0 Å². The Kier molecular flexibility index (Phi) is 2.77. The van der Waals surface area contributed by atoms with Crippen molar-refractivity contribution in [3.05, 3.63) is 47.5 Å². The van der Waals surface area contributed by atoms with Gasteiger partial charge in [-0.2, -0.15) is 17.7 Å². The molecular weight excluding hydrogens is 211 g/mol. The summed E-state index contributed by atoms with van der Waals surface area (Å²) < 4.78 is 14.5. The first-order valence-corrected chi connectivity index (χ1v) is 5.26. The van der Waals surface area contributed by atoms with E-state index in [1.807, 2.05) is 6.92 Å². The summed E-state index contributed by atoms with van der Waals surface area (Å²) in [5.41, 5.74) is 2.99. The average molecular weight is 222 g/mol. The summed E-state index contributed by atoms with van der Waals surface area (Å²) in [6.45, 7) is 1.97. The van der Waals surface area contributed by atoms with Crippen LogP contribution >= 0.6 is 12.6 Å². The topological polar surface area (TPSA) is 17.8 Å². The molecule has 0 radical (unpaired) electrons. The minimum absolute atomic E-state index is 0.238. The molecule has 0 saturated carbocycles. The van der Waals surface area contributed by atoms with E-state index < -0.39 is 0 Å². The summed E-state index contributed by atoms with van der Waals surface area (Å²) in [4.78, 5) is 0. The molecule has 15 heavy (non-hydrogen) atoms. The fourth-order valence-corrected chi connectivity index (χ4v) is 1.75. The molecule has 0 aliphatic heterocycles. The van der Waals surface area contributed by atoms with Crippen molar-refractivity contribution in [3.8, 4) is 5.69 Å². The lowest BCUT2D eigenvalue weighted by Gasteiger charge is -2.04. The largest absolute Gasteiger partial charge is 0.238 e. The van der Waals surface area contributed by atoms with Crippen LogP contribution < -0.4 is 0 Å². The van der Waals surface area contributed by atoms with Crippen LogP contribution in [-0.4, -0.2) is 9.78 Å². The number of benzene rings is 1. The van der Waals surface area contributed by atoms with Gasteiger partial charge in [-0.3, -0.25) is 0 Å². The van der Waals surface area contributed by atoms with Crippen LogP contribution in [0.2, 0.25) is 0 Å². The Hall–Kier alpha value is -1.29. The molecule has 1 heterocycles. The number of hydrogen-bond donors (Lipinski definition) is 1. The predicted molar refractivity (Wildman–Crippen MR) is 60.9 cm³/mol. The predicted octanol–water partition coefficient (Wildman–Crippen LogP) is 2.75. The van der Waals surface area contributed by atoms with Crippen molar-refractivity contribution >= 4 is 12.6 Å². The van der Waals surface area contributed by atoms with Gasteiger partial charge in [0.1, 0.15) is 5.82 Å². The Morgan fingerprint density at radius 2 is 2.00 bits per heavy atom. The number of nitrogens with zero attached hydrogens (tertiary/aromatic N) is 2. The highest BCUT2D eigenvalue weighted by Gasteiger charge is 2.06. The second kappa shape index (κ2) is 4.06. The average Bonchev–Trinajstić information content (AvgIpc) is 2.61. The summed E-state index contributed by atoms with van der Waals surface area (Å²) in [5, 5.41) is 4.23. The molecule has 0 unspecified atom stereocenters. The summed E-state index contributed by atoms with van der Waals surface area (Å²) >= 11 is 4.21. The zero-order valence-corrected chi connectivity index (χ0v) is 9.21. The molecule has 1 aromatic carbocycles. The molecule has 0 bridgehead atoms. The standard InChI is InChI=1S/C11H11FN2S/c1-8-9(7-15)6-13-14(8)11-4-2-10(12)3-5-11/h2-6,15H,7H2,1H3. The monoisotopic (exact) mass is 222 g/mol. The van der Waals surface area contributed by atoms with Crippen LogP contribution in [0.5, 0.6) is 0 Å². The second-order valence-electron chi connectivity index (χ2n) is 3.30. The lowest BCUT2D eigenvalue weighted by Crippen LogP contribution is -1.99. The first-order valence-electron chi connectivity index (χ1n) is 4.62. The van der Waals surface area contributed by atoms with Gasteiger partial charge >= 0.3 is 0 Å². The fourth-order valence-electron chi connectivity index (χ4n) is 1.44. The van der Waals surface area contributed by atoms with Crippen LogP contribution in [0.3, 0.4) is 0 Å². The van der Waals surface area contributed by atoms with E-state index in [0.29, 0.717) is 5.75 Å². The molecule has 4 heteroatoms. The maximum Gasteiger partial charge on any atom is 0.123 e. The third kappa shape index (κ3) is 1.90. The lowest BCUT2D eigenvalue weighted by atomic mass is 10.2. The number of aromatic nitrogens is 2. The molecule has 0 atom stereocenters. The molecule has 2 rings (SSSR count). The van der Waals surface area contributed by atoms with Crippen molar-refractivity contribution in [3.63, 3.8) is 0 Å². The normalized spacial score (nSPS) is 10.6. The van der Waals surface area contributed by atoms with Gasteiger partial charge in [0.2, 0.25) is 0 Å². The summed E-state index contributed by atoms with van der Waals surface area (Å²) in [5.74, 6) is 0.422.